The zero-order valence-corrected chi connectivity index (χ0v) is 11.8. The van der Waals surface area contributed by atoms with Gasteiger partial charge in [-0.15, -0.1) is 0 Å². The third-order valence-electron chi connectivity index (χ3n) is 3.32. The number of hydrogen-bond donors (Lipinski definition) is 1. The van der Waals surface area contributed by atoms with E-state index >= 15 is 0 Å². The van der Waals surface area contributed by atoms with Gasteiger partial charge >= 0.3 is 12.1 Å². The molecule has 0 bridgehead atoms. The lowest BCUT2D eigenvalue weighted by Crippen LogP contribution is -2.49. The van der Waals surface area contributed by atoms with Gasteiger partial charge in [0.2, 0.25) is 0 Å². The second-order valence-electron chi connectivity index (χ2n) is 4.85. The first-order valence-corrected chi connectivity index (χ1v) is 6.71. The normalized spacial score (nSPS) is 17.0. The monoisotopic (exact) mass is 322 g/mol. The molecule has 1 aromatic rings. The van der Waals surface area contributed by atoms with Crippen LogP contribution in [0.4, 0.5) is 18.9 Å². The molecule has 4 nitrogen and oxygen atoms in total. The van der Waals surface area contributed by atoms with Crippen LogP contribution in [0, 0.1) is 0 Å². The summed E-state index contributed by atoms with van der Waals surface area (Å²) in [6, 6.07) is 4.56. The van der Waals surface area contributed by atoms with Gasteiger partial charge in [-0.05, 0) is 18.2 Å². The maximum absolute atomic E-state index is 12.3. The van der Waals surface area contributed by atoms with Crippen molar-refractivity contribution >= 4 is 23.3 Å². The van der Waals surface area contributed by atoms with E-state index in [0.29, 0.717) is 26.2 Å². The lowest BCUT2D eigenvalue weighted by Gasteiger charge is -2.36. The largest absolute Gasteiger partial charge is 0.478 e. The van der Waals surface area contributed by atoms with Crippen LogP contribution in [-0.2, 0) is 0 Å². The number of anilines is 1. The molecule has 1 aliphatic heterocycles. The van der Waals surface area contributed by atoms with Gasteiger partial charge in [-0.3, -0.25) is 4.90 Å². The molecule has 0 spiro atoms. The molecular formula is C13H14ClF3N2O2. The first-order valence-electron chi connectivity index (χ1n) is 6.33. The second-order valence-corrected chi connectivity index (χ2v) is 5.25. The van der Waals surface area contributed by atoms with Gasteiger partial charge in [0.25, 0.3) is 0 Å². The number of carboxylic acids is 1. The summed E-state index contributed by atoms with van der Waals surface area (Å²) in [5.41, 5.74) is 0.729. The van der Waals surface area contributed by atoms with Crippen molar-refractivity contribution in [3.05, 3.63) is 28.8 Å². The molecular weight excluding hydrogens is 309 g/mol. The Morgan fingerprint density at radius 3 is 2.33 bits per heavy atom. The van der Waals surface area contributed by atoms with Crippen molar-refractivity contribution in [3.63, 3.8) is 0 Å². The molecule has 2 rings (SSSR count). The van der Waals surface area contributed by atoms with E-state index in [1.165, 1.54) is 17.0 Å². The molecule has 0 unspecified atom stereocenters. The van der Waals surface area contributed by atoms with E-state index in [1.807, 2.05) is 4.90 Å². The Labute approximate surface area is 124 Å². The molecule has 0 atom stereocenters. The fraction of sp³-hybridized carbons (Fsp3) is 0.462. The Kier molecular flexibility index (Phi) is 4.63. The van der Waals surface area contributed by atoms with Crippen molar-refractivity contribution in [2.24, 2.45) is 0 Å². The first-order chi connectivity index (χ1) is 9.76. The van der Waals surface area contributed by atoms with Crippen LogP contribution in [0.25, 0.3) is 0 Å². The Bertz CT molecular complexity index is 529. The van der Waals surface area contributed by atoms with Crippen molar-refractivity contribution in [2.75, 3.05) is 37.6 Å². The number of carboxylic acid groups (broad SMARTS) is 1. The fourth-order valence-electron chi connectivity index (χ4n) is 2.29. The fourth-order valence-corrected chi connectivity index (χ4v) is 2.55. The van der Waals surface area contributed by atoms with E-state index in [1.54, 1.807) is 6.07 Å². The lowest BCUT2D eigenvalue weighted by molar-refractivity contribution is -0.146. The summed E-state index contributed by atoms with van der Waals surface area (Å²) in [6.07, 6.45) is -4.19. The minimum Gasteiger partial charge on any atom is -0.478 e. The highest BCUT2D eigenvalue weighted by molar-refractivity contribution is 6.33. The molecule has 1 heterocycles. The molecule has 0 aromatic heterocycles. The molecule has 1 N–H and O–H groups in total. The van der Waals surface area contributed by atoms with Crippen molar-refractivity contribution in [1.82, 2.24) is 4.90 Å². The Morgan fingerprint density at radius 2 is 1.86 bits per heavy atom. The molecule has 1 fully saturated rings. The Hall–Kier alpha value is -1.47. The number of nitrogens with zero attached hydrogens (tertiary/aromatic N) is 2. The highest BCUT2D eigenvalue weighted by Crippen LogP contribution is 2.25. The van der Waals surface area contributed by atoms with Crippen LogP contribution >= 0.6 is 11.6 Å². The minimum atomic E-state index is -4.19. The van der Waals surface area contributed by atoms with Crippen molar-refractivity contribution < 1.29 is 23.1 Å². The number of alkyl halides is 3. The third kappa shape index (κ3) is 4.25. The van der Waals surface area contributed by atoms with Gasteiger partial charge in [0.1, 0.15) is 0 Å². The number of rotatable bonds is 3. The number of hydrogen-bond acceptors (Lipinski definition) is 3. The van der Waals surface area contributed by atoms with Crippen LogP contribution in [0.3, 0.4) is 0 Å². The lowest BCUT2D eigenvalue weighted by atomic mass is 10.1. The molecule has 0 radical (unpaired) electrons. The van der Waals surface area contributed by atoms with Gasteiger partial charge in [-0.2, -0.15) is 13.2 Å². The summed E-state index contributed by atoms with van der Waals surface area (Å²) in [7, 11) is 0. The summed E-state index contributed by atoms with van der Waals surface area (Å²) in [5, 5.41) is 9.02. The number of carbonyl (C=O) groups is 1. The smallest absolute Gasteiger partial charge is 0.401 e. The highest BCUT2D eigenvalue weighted by atomic mass is 35.5. The van der Waals surface area contributed by atoms with E-state index in [2.05, 4.69) is 0 Å². The number of halogens is 4. The van der Waals surface area contributed by atoms with Crippen LogP contribution in [0.5, 0.6) is 0 Å². The van der Waals surface area contributed by atoms with E-state index in [0.717, 1.165) is 5.69 Å². The summed E-state index contributed by atoms with van der Waals surface area (Å²) in [5.74, 6) is -1.11. The predicted molar refractivity (Wildman–Crippen MR) is 73.1 cm³/mol. The molecule has 0 amide bonds. The molecule has 1 aliphatic rings. The van der Waals surface area contributed by atoms with Crippen LogP contribution in [-0.4, -0.2) is 54.9 Å². The van der Waals surface area contributed by atoms with Gasteiger partial charge < -0.3 is 10.0 Å². The SMILES string of the molecule is O=C(O)c1ccc(N2CCN(CC(F)(F)F)CC2)cc1Cl. The molecule has 0 aliphatic carbocycles. The molecule has 1 aromatic carbocycles. The number of piperazine rings is 1. The molecule has 0 saturated carbocycles. The third-order valence-corrected chi connectivity index (χ3v) is 3.64. The Balaban J connectivity index is 1.99. The molecule has 21 heavy (non-hydrogen) atoms. The van der Waals surface area contributed by atoms with Crippen LogP contribution in [0.15, 0.2) is 18.2 Å². The highest BCUT2D eigenvalue weighted by Gasteiger charge is 2.32. The average molecular weight is 323 g/mol. The maximum atomic E-state index is 12.3. The summed E-state index contributed by atoms with van der Waals surface area (Å²) in [6.45, 7) is 0.590. The molecule has 116 valence electrons. The van der Waals surface area contributed by atoms with E-state index in [4.69, 9.17) is 16.7 Å². The van der Waals surface area contributed by atoms with Gasteiger partial charge in [0.05, 0.1) is 17.1 Å². The summed E-state index contributed by atoms with van der Waals surface area (Å²) < 4.78 is 36.9. The van der Waals surface area contributed by atoms with Gasteiger partial charge in [0.15, 0.2) is 0 Å². The number of benzene rings is 1. The standard InChI is InChI=1S/C13H14ClF3N2O2/c14-11-7-9(1-2-10(11)12(20)21)19-5-3-18(4-6-19)8-13(15,16)17/h1-2,7H,3-6,8H2,(H,20,21). The zero-order valence-electron chi connectivity index (χ0n) is 11.0. The van der Waals surface area contributed by atoms with Gasteiger partial charge in [-0.1, -0.05) is 11.6 Å². The van der Waals surface area contributed by atoms with Gasteiger partial charge in [0, 0.05) is 31.9 Å². The molecule has 8 heteroatoms. The number of aromatic carboxylic acids is 1. The van der Waals surface area contributed by atoms with E-state index < -0.39 is 18.7 Å². The van der Waals surface area contributed by atoms with Crippen LogP contribution in [0.1, 0.15) is 10.4 Å². The van der Waals surface area contributed by atoms with Crippen LogP contribution in [0.2, 0.25) is 5.02 Å². The summed E-state index contributed by atoms with van der Waals surface area (Å²) in [4.78, 5) is 14.1. The maximum Gasteiger partial charge on any atom is 0.401 e. The van der Waals surface area contributed by atoms with Crippen molar-refractivity contribution in [2.45, 2.75) is 6.18 Å². The predicted octanol–water partition coefficient (Wildman–Crippen LogP) is 2.72. The van der Waals surface area contributed by atoms with Crippen molar-refractivity contribution in [3.8, 4) is 0 Å². The topological polar surface area (TPSA) is 43.8 Å². The van der Waals surface area contributed by atoms with Gasteiger partial charge in [-0.25, -0.2) is 4.79 Å². The minimum absolute atomic E-state index is 0.0103. The summed E-state index contributed by atoms with van der Waals surface area (Å²) >= 11 is 5.89. The van der Waals surface area contributed by atoms with E-state index in [9.17, 15) is 18.0 Å². The van der Waals surface area contributed by atoms with Crippen LogP contribution < -0.4 is 4.90 Å². The van der Waals surface area contributed by atoms with Crippen molar-refractivity contribution in [1.29, 1.82) is 0 Å². The second kappa shape index (κ2) is 6.11. The average Bonchev–Trinajstić information content (AvgIpc) is 2.37. The molecule has 1 saturated heterocycles. The Morgan fingerprint density at radius 1 is 1.24 bits per heavy atom. The first kappa shape index (κ1) is 15.9. The zero-order chi connectivity index (χ0) is 15.6. The van der Waals surface area contributed by atoms with E-state index in [-0.39, 0.29) is 10.6 Å². The quantitative estimate of drug-likeness (QED) is 0.929.